The van der Waals surface area contributed by atoms with Crippen LogP contribution in [0.1, 0.15) is 40.6 Å². The molecule has 0 bridgehead atoms. The van der Waals surface area contributed by atoms with Crippen molar-refractivity contribution in [2.45, 2.75) is 43.5 Å². The van der Waals surface area contributed by atoms with Gasteiger partial charge in [0.05, 0.1) is 0 Å². The summed E-state index contributed by atoms with van der Waals surface area (Å²) < 4.78 is 2.35. The van der Waals surface area contributed by atoms with E-state index in [1.807, 2.05) is 0 Å². The van der Waals surface area contributed by atoms with Crippen LogP contribution in [0, 0.1) is 0 Å². The third-order valence-electron chi connectivity index (χ3n) is 5.47. The number of hydrogen-bond acceptors (Lipinski definition) is 0. The molecule has 2 aliphatic carbocycles. The first-order chi connectivity index (χ1) is 12.4. The van der Waals surface area contributed by atoms with E-state index in [1.165, 1.54) is 16.7 Å². The number of hydrogen-bond donors (Lipinski definition) is 0. The maximum Gasteiger partial charge on any atom is -1.00 e. The molecule has 1 atom stereocenters. The summed E-state index contributed by atoms with van der Waals surface area (Å²) in [5, 5.41) is 1.62. The van der Waals surface area contributed by atoms with E-state index in [-0.39, 0.29) is 24.8 Å². The Hall–Kier alpha value is -0.530. The van der Waals surface area contributed by atoms with E-state index in [0.717, 1.165) is 6.42 Å². The predicted molar refractivity (Wildman–Crippen MR) is 114 cm³/mol. The molecule has 4 heteroatoms. The molecule has 0 radical (unpaired) electrons. The van der Waals surface area contributed by atoms with Gasteiger partial charge >= 0.3 is 171 Å². The average Bonchev–Trinajstić information content (AvgIpc) is 3.19. The van der Waals surface area contributed by atoms with Crippen LogP contribution in [0.2, 0.25) is 19.6 Å². The van der Waals surface area contributed by atoms with Crippen LogP contribution >= 0.6 is 0 Å². The molecular formula is C24H27Cl2SiZr. The monoisotopic (exact) mass is 503 g/mol. The summed E-state index contributed by atoms with van der Waals surface area (Å²) in [4.78, 5) is 0. The summed E-state index contributed by atoms with van der Waals surface area (Å²) in [6.07, 6.45) is 6.13. The third-order valence-corrected chi connectivity index (χ3v) is 11.2. The molecule has 0 saturated heterocycles. The number of halogens is 2. The fourth-order valence-corrected chi connectivity index (χ4v) is 9.08. The van der Waals surface area contributed by atoms with E-state index in [0.29, 0.717) is 3.63 Å². The van der Waals surface area contributed by atoms with Crippen molar-refractivity contribution in [1.29, 1.82) is 0 Å². The summed E-state index contributed by atoms with van der Waals surface area (Å²) >= 11 is -0.626. The van der Waals surface area contributed by atoms with E-state index in [1.54, 1.807) is 25.1 Å². The van der Waals surface area contributed by atoms with E-state index in [2.05, 4.69) is 88.1 Å². The maximum absolute atomic E-state index is 2.52. The molecule has 1 unspecified atom stereocenters. The third kappa shape index (κ3) is 4.31. The van der Waals surface area contributed by atoms with Gasteiger partial charge in [0, 0.05) is 0 Å². The first-order valence-electron chi connectivity index (χ1n) is 9.57. The van der Waals surface area contributed by atoms with E-state index in [4.69, 9.17) is 0 Å². The number of benzene rings is 2. The summed E-state index contributed by atoms with van der Waals surface area (Å²) in [5.41, 5.74) is 9.26. The molecule has 0 N–H and O–H groups in total. The standard InChI is InChI=1S/C21H21Si.C3H6.2ClH.Zr/c1-22(2,3)17-12-11-16(13-17)19-9-6-10-20-18-8-5-4-7-15(18)14-21(19)20;1-3-2;;;/h4-10,12-14H,11H2,1-3H3;1-2H3;2*1H;/q;;;;+2/p-2. The van der Waals surface area contributed by atoms with Gasteiger partial charge in [-0.1, -0.05) is 0 Å². The van der Waals surface area contributed by atoms with Crippen LogP contribution in [0.15, 0.2) is 59.8 Å². The van der Waals surface area contributed by atoms with Crippen LogP contribution in [-0.4, -0.2) is 11.3 Å². The Labute approximate surface area is 194 Å². The van der Waals surface area contributed by atoms with Crippen LogP contribution < -0.4 is 24.8 Å². The Kier molecular flexibility index (Phi) is 7.71. The van der Waals surface area contributed by atoms with Crippen LogP contribution in [0.25, 0.3) is 16.7 Å². The molecule has 2 aromatic carbocycles. The zero-order valence-corrected chi connectivity index (χ0v) is 22.2. The second-order valence-electron chi connectivity index (χ2n) is 8.71. The molecule has 0 fully saturated rings. The Morgan fingerprint density at radius 2 is 1.54 bits per heavy atom. The van der Waals surface area contributed by atoms with Crippen LogP contribution in [0.3, 0.4) is 0 Å². The second kappa shape index (κ2) is 9.09. The predicted octanol–water partition coefficient (Wildman–Crippen LogP) is 0.650. The normalized spacial score (nSPS) is 16.7. The topological polar surface area (TPSA) is 0 Å². The molecule has 145 valence electrons. The van der Waals surface area contributed by atoms with Gasteiger partial charge in [-0.05, 0) is 0 Å². The summed E-state index contributed by atoms with van der Waals surface area (Å²) in [5.74, 6) is 0. The minimum atomic E-state index is -1.24. The maximum atomic E-state index is 2.52. The molecule has 0 nitrogen and oxygen atoms in total. The van der Waals surface area contributed by atoms with Crippen molar-refractivity contribution >= 4 is 16.9 Å². The summed E-state index contributed by atoms with van der Waals surface area (Å²) in [6, 6.07) is 16.1. The fourth-order valence-electron chi connectivity index (χ4n) is 4.22. The van der Waals surface area contributed by atoms with Gasteiger partial charge < -0.3 is 24.8 Å². The largest absolute Gasteiger partial charge is 1.00 e. The average molecular weight is 506 g/mol. The van der Waals surface area contributed by atoms with Crippen molar-refractivity contribution in [2.75, 3.05) is 0 Å². The zero-order chi connectivity index (χ0) is 18.5. The SMILES string of the molecule is C[C](C)=[Zr+2][CH]1c2ccccc2-c2cccc(C3=CC([Si](C)(C)C)=CC3)c21.[Cl-].[Cl-]. The minimum Gasteiger partial charge on any atom is -1.00 e. The Morgan fingerprint density at radius 1 is 0.893 bits per heavy atom. The molecule has 0 aromatic heterocycles. The van der Waals surface area contributed by atoms with Crippen molar-refractivity contribution in [3.8, 4) is 11.1 Å². The first-order valence-corrected chi connectivity index (χ1v) is 15.7. The van der Waals surface area contributed by atoms with Gasteiger partial charge in [0.1, 0.15) is 0 Å². The quantitative estimate of drug-likeness (QED) is 0.538. The first kappa shape index (κ1) is 23.7. The summed E-state index contributed by atoms with van der Waals surface area (Å²) in [7, 11) is -1.24. The minimum absolute atomic E-state index is 0. The van der Waals surface area contributed by atoms with Crippen LogP contribution in [0.5, 0.6) is 0 Å². The Balaban J connectivity index is 0.00000140. The molecule has 4 rings (SSSR count). The van der Waals surface area contributed by atoms with Gasteiger partial charge in [0.15, 0.2) is 0 Å². The van der Waals surface area contributed by atoms with E-state index < -0.39 is 30.8 Å². The number of rotatable bonds is 3. The molecule has 0 amide bonds. The van der Waals surface area contributed by atoms with E-state index in [9.17, 15) is 0 Å². The van der Waals surface area contributed by atoms with Crippen molar-refractivity contribution in [1.82, 2.24) is 0 Å². The molecule has 2 aliphatic rings. The van der Waals surface area contributed by atoms with E-state index >= 15 is 0 Å². The second-order valence-corrected chi connectivity index (χ2v) is 18.4. The van der Waals surface area contributed by atoms with Gasteiger partial charge in [0.2, 0.25) is 0 Å². The zero-order valence-electron chi connectivity index (χ0n) is 17.2. The summed E-state index contributed by atoms with van der Waals surface area (Å²) in [6.45, 7) is 12.0. The molecule has 0 spiro atoms. The fraction of sp³-hybridized carbons (Fsp3) is 0.292. The van der Waals surface area contributed by atoms with Gasteiger partial charge in [-0.15, -0.1) is 0 Å². The van der Waals surface area contributed by atoms with Gasteiger partial charge in [-0.2, -0.15) is 0 Å². The van der Waals surface area contributed by atoms with Crippen LogP contribution in [-0.2, 0) is 22.8 Å². The van der Waals surface area contributed by atoms with Crippen molar-refractivity contribution in [2.24, 2.45) is 0 Å². The van der Waals surface area contributed by atoms with Crippen molar-refractivity contribution in [3.05, 3.63) is 76.5 Å². The molecule has 0 aliphatic heterocycles. The van der Waals surface area contributed by atoms with Crippen LogP contribution in [0.4, 0.5) is 0 Å². The smallest absolute Gasteiger partial charge is 1.00 e. The number of fused-ring (bicyclic) bond motifs is 3. The molecular weight excluding hydrogens is 478 g/mol. The van der Waals surface area contributed by atoms with Crippen molar-refractivity contribution in [3.63, 3.8) is 0 Å². The van der Waals surface area contributed by atoms with Gasteiger partial charge in [-0.25, -0.2) is 0 Å². The number of allylic oxidation sites excluding steroid dienone is 4. The molecule has 0 heterocycles. The molecule has 2 aromatic rings. The van der Waals surface area contributed by atoms with Crippen molar-refractivity contribution < 1.29 is 47.6 Å². The molecule has 0 saturated carbocycles. The molecule has 28 heavy (non-hydrogen) atoms. The van der Waals surface area contributed by atoms with Gasteiger partial charge in [-0.3, -0.25) is 0 Å². The Bertz CT molecular complexity index is 976. The van der Waals surface area contributed by atoms with Gasteiger partial charge in [0.25, 0.3) is 0 Å². The Morgan fingerprint density at radius 3 is 2.18 bits per heavy atom.